The van der Waals surface area contributed by atoms with Crippen molar-refractivity contribution < 1.29 is 0 Å². The van der Waals surface area contributed by atoms with E-state index in [0.717, 1.165) is 18.3 Å². The number of rotatable bonds is 5. The molecule has 2 N–H and O–H groups in total. The lowest BCUT2D eigenvalue weighted by Crippen LogP contribution is -2.48. The van der Waals surface area contributed by atoms with Gasteiger partial charge in [0, 0.05) is 26.1 Å². The Hall–Kier alpha value is -2.37. The Labute approximate surface area is 137 Å². The summed E-state index contributed by atoms with van der Waals surface area (Å²) in [6.07, 6.45) is 5.45. The van der Waals surface area contributed by atoms with Gasteiger partial charge in [0.2, 0.25) is 0 Å². The molecular formula is C17H24N6. The Balaban J connectivity index is 1.58. The molecule has 1 saturated carbocycles. The maximum atomic E-state index is 4.31. The zero-order valence-corrected chi connectivity index (χ0v) is 13.8. The minimum atomic E-state index is 0.240. The Morgan fingerprint density at radius 1 is 1.26 bits per heavy atom. The van der Waals surface area contributed by atoms with Crippen molar-refractivity contribution in [2.75, 3.05) is 13.6 Å². The number of nitrogens with one attached hydrogen (secondary N) is 2. The van der Waals surface area contributed by atoms with Crippen LogP contribution in [0.4, 0.5) is 0 Å². The summed E-state index contributed by atoms with van der Waals surface area (Å²) in [5.74, 6) is 1.68. The number of nitrogens with zero attached hydrogens (tertiary/aromatic N) is 4. The molecule has 1 aliphatic rings. The third-order valence-electron chi connectivity index (χ3n) is 4.73. The number of guanidine groups is 1. The first-order valence-corrected chi connectivity index (χ1v) is 8.06. The summed E-state index contributed by atoms with van der Waals surface area (Å²) in [7, 11) is 3.73. The third-order valence-corrected chi connectivity index (χ3v) is 4.73. The molecule has 0 unspecified atom stereocenters. The van der Waals surface area contributed by atoms with Gasteiger partial charge in [-0.3, -0.25) is 4.99 Å². The van der Waals surface area contributed by atoms with Gasteiger partial charge >= 0.3 is 0 Å². The molecule has 0 amide bonds. The molecule has 0 bridgehead atoms. The van der Waals surface area contributed by atoms with Gasteiger partial charge in [-0.2, -0.15) is 0 Å². The summed E-state index contributed by atoms with van der Waals surface area (Å²) < 4.78 is 1.90. The van der Waals surface area contributed by atoms with Gasteiger partial charge in [-0.25, -0.2) is 0 Å². The lowest BCUT2D eigenvalue weighted by atomic mass is 9.64. The van der Waals surface area contributed by atoms with Crippen molar-refractivity contribution in [3.05, 3.63) is 48.0 Å². The molecule has 2 aromatic rings. The second-order valence-corrected chi connectivity index (χ2v) is 6.14. The summed E-state index contributed by atoms with van der Waals surface area (Å²) in [6, 6.07) is 10.8. The molecule has 0 radical (unpaired) electrons. The first-order valence-electron chi connectivity index (χ1n) is 8.06. The number of benzene rings is 1. The summed E-state index contributed by atoms with van der Waals surface area (Å²) in [6.45, 7) is 1.50. The molecule has 1 fully saturated rings. The van der Waals surface area contributed by atoms with Crippen molar-refractivity contribution in [2.24, 2.45) is 12.0 Å². The van der Waals surface area contributed by atoms with Crippen LogP contribution in [0.3, 0.4) is 0 Å². The fourth-order valence-corrected chi connectivity index (χ4v) is 3.07. The molecule has 6 nitrogen and oxygen atoms in total. The first-order chi connectivity index (χ1) is 11.2. The molecule has 122 valence electrons. The van der Waals surface area contributed by atoms with E-state index in [9.17, 15) is 0 Å². The monoisotopic (exact) mass is 312 g/mol. The fourth-order valence-electron chi connectivity index (χ4n) is 3.07. The van der Waals surface area contributed by atoms with Gasteiger partial charge in [0.1, 0.15) is 6.33 Å². The van der Waals surface area contributed by atoms with Gasteiger partial charge in [-0.05, 0) is 18.4 Å². The fraction of sp³-hybridized carbons (Fsp3) is 0.471. The molecule has 1 heterocycles. The Morgan fingerprint density at radius 3 is 2.61 bits per heavy atom. The Morgan fingerprint density at radius 2 is 2.04 bits per heavy atom. The smallest absolute Gasteiger partial charge is 0.191 e. The van der Waals surface area contributed by atoms with Gasteiger partial charge in [-0.15, -0.1) is 10.2 Å². The highest BCUT2D eigenvalue weighted by atomic mass is 15.3. The average molecular weight is 312 g/mol. The van der Waals surface area contributed by atoms with Crippen molar-refractivity contribution in [1.82, 2.24) is 25.4 Å². The molecule has 1 aromatic carbocycles. The van der Waals surface area contributed by atoms with Gasteiger partial charge in [0.25, 0.3) is 0 Å². The van der Waals surface area contributed by atoms with Gasteiger partial charge in [0.15, 0.2) is 11.8 Å². The highest BCUT2D eigenvalue weighted by Crippen LogP contribution is 2.43. The summed E-state index contributed by atoms with van der Waals surface area (Å²) >= 11 is 0. The minimum Gasteiger partial charge on any atom is -0.356 e. The number of aliphatic imine (C=N–C) groups is 1. The van der Waals surface area contributed by atoms with Crippen molar-refractivity contribution in [1.29, 1.82) is 0 Å². The largest absolute Gasteiger partial charge is 0.356 e. The van der Waals surface area contributed by atoms with Crippen molar-refractivity contribution in [3.63, 3.8) is 0 Å². The van der Waals surface area contributed by atoms with E-state index in [1.165, 1.54) is 24.8 Å². The molecule has 0 spiro atoms. The van der Waals surface area contributed by atoms with E-state index >= 15 is 0 Å². The van der Waals surface area contributed by atoms with Crippen molar-refractivity contribution in [3.8, 4) is 0 Å². The molecule has 6 heteroatoms. The minimum absolute atomic E-state index is 0.240. The van der Waals surface area contributed by atoms with Crippen LogP contribution in [0, 0.1) is 0 Å². The van der Waals surface area contributed by atoms with Crippen LogP contribution in [0.25, 0.3) is 0 Å². The lowest BCUT2D eigenvalue weighted by molar-refractivity contribution is 0.244. The van der Waals surface area contributed by atoms with Gasteiger partial charge in [0.05, 0.1) is 6.54 Å². The quantitative estimate of drug-likeness (QED) is 0.650. The van der Waals surface area contributed by atoms with Crippen LogP contribution in [0.5, 0.6) is 0 Å². The van der Waals surface area contributed by atoms with E-state index in [2.05, 4.69) is 56.2 Å². The summed E-state index contributed by atoms with van der Waals surface area (Å²) in [5.41, 5.74) is 1.66. The highest BCUT2D eigenvalue weighted by molar-refractivity contribution is 5.79. The number of hydrogen-bond donors (Lipinski definition) is 2. The van der Waals surface area contributed by atoms with Crippen LogP contribution in [-0.2, 0) is 19.0 Å². The Kier molecular flexibility index (Phi) is 4.60. The second-order valence-electron chi connectivity index (χ2n) is 6.14. The highest BCUT2D eigenvalue weighted by Gasteiger charge is 2.38. The number of aromatic nitrogens is 3. The van der Waals surface area contributed by atoms with E-state index < -0.39 is 0 Å². The Bertz CT molecular complexity index is 657. The molecule has 0 saturated heterocycles. The van der Waals surface area contributed by atoms with Crippen LogP contribution < -0.4 is 10.6 Å². The third kappa shape index (κ3) is 3.36. The zero-order valence-electron chi connectivity index (χ0n) is 13.8. The summed E-state index contributed by atoms with van der Waals surface area (Å²) in [4.78, 5) is 4.31. The number of aryl methyl sites for hydroxylation is 1. The van der Waals surface area contributed by atoms with Gasteiger partial charge in [-0.1, -0.05) is 36.8 Å². The topological polar surface area (TPSA) is 67.1 Å². The van der Waals surface area contributed by atoms with E-state index in [1.54, 1.807) is 13.4 Å². The second kappa shape index (κ2) is 6.81. The van der Waals surface area contributed by atoms with Crippen molar-refractivity contribution in [2.45, 2.75) is 31.2 Å². The van der Waals surface area contributed by atoms with Crippen LogP contribution in [0.1, 0.15) is 30.7 Å². The first kappa shape index (κ1) is 15.5. The summed E-state index contributed by atoms with van der Waals surface area (Å²) in [5, 5.41) is 14.7. The maximum absolute atomic E-state index is 4.31. The van der Waals surface area contributed by atoms with Crippen molar-refractivity contribution >= 4 is 5.96 Å². The predicted octanol–water partition coefficient (Wildman–Crippen LogP) is 1.60. The van der Waals surface area contributed by atoms with E-state index in [4.69, 9.17) is 0 Å². The molecule has 1 aromatic heterocycles. The van der Waals surface area contributed by atoms with Crippen LogP contribution in [-0.4, -0.2) is 34.3 Å². The van der Waals surface area contributed by atoms with Crippen LogP contribution in [0.2, 0.25) is 0 Å². The number of hydrogen-bond acceptors (Lipinski definition) is 3. The SMILES string of the molecule is CN=C(NCc1nncn1C)NCC1(c2ccccc2)CCC1. The molecule has 0 aliphatic heterocycles. The lowest BCUT2D eigenvalue weighted by Gasteiger charge is -2.43. The van der Waals surface area contributed by atoms with Crippen LogP contribution >= 0.6 is 0 Å². The zero-order chi connectivity index (χ0) is 16.1. The normalized spacial score (nSPS) is 16.7. The molecule has 1 aliphatic carbocycles. The van der Waals surface area contributed by atoms with E-state index in [-0.39, 0.29) is 5.41 Å². The molecule has 23 heavy (non-hydrogen) atoms. The molecule has 0 atom stereocenters. The van der Waals surface area contributed by atoms with Gasteiger partial charge < -0.3 is 15.2 Å². The van der Waals surface area contributed by atoms with Crippen LogP contribution in [0.15, 0.2) is 41.7 Å². The molecular weight excluding hydrogens is 288 g/mol. The van der Waals surface area contributed by atoms with E-state index in [1.807, 2.05) is 11.6 Å². The standard InChI is InChI=1S/C17H24N6/c1-18-16(19-11-15-22-21-13-23(15)2)20-12-17(9-6-10-17)14-7-4-3-5-8-14/h3-5,7-8,13H,6,9-12H2,1-2H3,(H2,18,19,20). The molecule has 3 rings (SSSR count). The average Bonchev–Trinajstić information content (AvgIpc) is 2.95. The maximum Gasteiger partial charge on any atom is 0.191 e. The predicted molar refractivity (Wildman–Crippen MR) is 91.2 cm³/mol. The van der Waals surface area contributed by atoms with E-state index in [0.29, 0.717) is 6.54 Å².